The number of nitrogens with zero attached hydrogens (tertiary/aromatic N) is 5. The molecule has 3 saturated heterocycles. The molecule has 2 N–H and O–H groups in total. The number of benzene rings is 2. The molecule has 0 spiro atoms. The number of pyridine rings is 1. The summed E-state index contributed by atoms with van der Waals surface area (Å²) in [5, 5.41) is 15.6. The molecule has 47 heavy (non-hydrogen) atoms. The summed E-state index contributed by atoms with van der Waals surface area (Å²) < 4.78 is 53.0. The minimum absolute atomic E-state index is 0.0223. The number of alkyl halides is 1. The van der Waals surface area contributed by atoms with Crippen molar-refractivity contribution in [2.75, 3.05) is 37.7 Å². The third-order valence-corrected chi connectivity index (χ3v) is 10.9. The van der Waals surface area contributed by atoms with Gasteiger partial charge in [0.25, 0.3) is 0 Å². The Morgan fingerprint density at radius 3 is 2.83 bits per heavy atom. The van der Waals surface area contributed by atoms with E-state index in [4.69, 9.17) is 21.1 Å². The summed E-state index contributed by atoms with van der Waals surface area (Å²) in [6, 6.07) is 5.86. The van der Waals surface area contributed by atoms with Crippen LogP contribution in [0.4, 0.5) is 19.0 Å². The molecule has 4 aliphatic heterocycles. The number of nitrogens with one attached hydrogen (secondary N) is 1. The van der Waals surface area contributed by atoms with E-state index >= 15 is 8.78 Å². The number of terminal acetylenes is 1. The second-order valence-corrected chi connectivity index (χ2v) is 13.7. The Morgan fingerprint density at radius 1 is 1.17 bits per heavy atom. The van der Waals surface area contributed by atoms with Gasteiger partial charge < -0.3 is 20.1 Å². The van der Waals surface area contributed by atoms with E-state index < -0.39 is 23.3 Å². The van der Waals surface area contributed by atoms with E-state index in [2.05, 4.69) is 39.9 Å². The van der Waals surface area contributed by atoms with Crippen LogP contribution in [0.3, 0.4) is 0 Å². The van der Waals surface area contributed by atoms with Crippen molar-refractivity contribution in [3.63, 3.8) is 0 Å². The number of phenols is 1. The van der Waals surface area contributed by atoms with Gasteiger partial charge in [-0.2, -0.15) is 9.97 Å². The van der Waals surface area contributed by atoms with Crippen molar-refractivity contribution in [2.45, 2.75) is 69.7 Å². The lowest BCUT2D eigenvalue weighted by atomic mass is 9.92. The average Bonchev–Trinajstić information content (AvgIpc) is 3.56. The highest BCUT2D eigenvalue weighted by Gasteiger charge is 2.49. The molecule has 4 aromatic rings. The molecule has 0 radical (unpaired) electrons. The number of piperazine rings is 1. The first kappa shape index (κ1) is 30.2. The summed E-state index contributed by atoms with van der Waals surface area (Å²) in [7, 11) is 0. The van der Waals surface area contributed by atoms with Crippen molar-refractivity contribution >= 4 is 27.5 Å². The van der Waals surface area contributed by atoms with E-state index in [1.165, 1.54) is 24.3 Å². The van der Waals surface area contributed by atoms with Crippen molar-refractivity contribution in [1.29, 1.82) is 0 Å². The maximum absolute atomic E-state index is 17.1. The van der Waals surface area contributed by atoms with Crippen molar-refractivity contribution in [2.24, 2.45) is 5.92 Å². The van der Waals surface area contributed by atoms with Crippen LogP contribution in [0, 0.1) is 29.9 Å². The average molecular weight is 643 g/mol. The van der Waals surface area contributed by atoms with Crippen LogP contribution in [0.1, 0.15) is 50.8 Å². The quantitative estimate of drug-likeness (QED) is 0.276. The van der Waals surface area contributed by atoms with E-state index in [0.717, 1.165) is 32.4 Å². The molecule has 2 aromatic carbocycles. The van der Waals surface area contributed by atoms with Crippen molar-refractivity contribution in [3.05, 3.63) is 47.2 Å². The molecule has 6 heterocycles. The topological polar surface area (TPSA) is 86.6 Å². The molecule has 4 aliphatic rings. The minimum Gasteiger partial charge on any atom is -0.508 e. The molecule has 3 fully saturated rings. The summed E-state index contributed by atoms with van der Waals surface area (Å²) >= 11 is 0. The van der Waals surface area contributed by atoms with E-state index in [-0.39, 0.29) is 64.1 Å². The van der Waals surface area contributed by atoms with Gasteiger partial charge in [-0.1, -0.05) is 25.8 Å². The fraction of sp³-hybridized carbons (Fsp3) is 0.472. The van der Waals surface area contributed by atoms with Gasteiger partial charge in [-0.05, 0) is 61.7 Å². The highest BCUT2D eigenvalue weighted by atomic mass is 19.1. The normalized spacial score (nSPS) is 27.1. The Hall–Kier alpha value is -4.14. The van der Waals surface area contributed by atoms with Gasteiger partial charge in [0.2, 0.25) is 0 Å². The van der Waals surface area contributed by atoms with Gasteiger partial charge in [-0.3, -0.25) is 4.90 Å². The summed E-state index contributed by atoms with van der Waals surface area (Å²) in [4.78, 5) is 18.9. The number of rotatable bonds is 5. The van der Waals surface area contributed by atoms with Crippen LogP contribution in [0.25, 0.3) is 32.9 Å². The number of hydrogen-bond acceptors (Lipinski definition) is 8. The largest absolute Gasteiger partial charge is 0.508 e. The Morgan fingerprint density at radius 2 is 2.02 bits per heavy atom. The summed E-state index contributed by atoms with van der Waals surface area (Å²) in [5.41, 5.74) is 0.263. The summed E-state index contributed by atoms with van der Waals surface area (Å²) in [6.45, 7) is 7.08. The first-order chi connectivity index (χ1) is 22.7. The highest BCUT2D eigenvalue weighted by Crippen LogP contribution is 2.44. The predicted octanol–water partition coefficient (Wildman–Crippen LogP) is 5.51. The van der Waals surface area contributed by atoms with Crippen LogP contribution in [-0.4, -0.2) is 81.5 Å². The Bertz CT molecular complexity index is 1970. The lowest BCUT2D eigenvalue weighted by molar-refractivity contribution is 0.107. The molecule has 0 bridgehead atoms. The Kier molecular flexibility index (Phi) is 7.22. The van der Waals surface area contributed by atoms with Gasteiger partial charge in [0, 0.05) is 49.1 Å². The zero-order valence-electron chi connectivity index (χ0n) is 26.5. The van der Waals surface area contributed by atoms with E-state index in [0.29, 0.717) is 48.2 Å². The van der Waals surface area contributed by atoms with Crippen molar-refractivity contribution in [1.82, 2.24) is 25.2 Å². The second-order valence-electron chi connectivity index (χ2n) is 13.7. The molecule has 0 amide bonds. The van der Waals surface area contributed by atoms with Gasteiger partial charge in [0.15, 0.2) is 5.82 Å². The standard InChI is InChI=1S/C36H37F3N6O2/c1-4-22-17-45-28(15-40-22)19(3)11-27-30-33(42-35(43-34(30)45)47-18-36-9-6-10-44(36)16-21(37)14-36)31(39)32(41-27)25-13-23(46)12-20-7-8-26(38)24(5-2)29(20)25/h2,7-8,12-13,19,21-22,28,40,46H,4,6,9-11,14-18H2,1,3H3/t19-,21-,22-,28+,36+/m1/s1. The van der Waals surface area contributed by atoms with Crippen molar-refractivity contribution < 1.29 is 23.0 Å². The molecule has 0 saturated carbocycles. The van der Waals surface area contributed by atoms with Gasteiger partial charge in [0.05, 0.1) is 22.2 Å². The maximum atomic E-state index is 17.1. The molecule has 8 rings (SSSR count). The lowest BCUT2D eigenvalue weighted by Crippen LogP contribution is -2.58. The third-order valence-electron chi connectivity index (χ3n) is 10.9. The van der Waals surface area contributed by atoms with Gasteiger partial charge in [0.1, 0.15) is 41.4 Å². The minimum atomic E-state index is -0.918. The molecular weight excluding hydrogens is 605 g/mol. The number of aromatic nitrogens is 3. The van der Waals surface area contributed by atoms with Crippen LogP contribution >= 0.6 is 0 Å². The second kappa shape index (κ2) is 11.2. The molecule has 8 nitrogen and oxygen atoms in total. The number of fused-ring (bicyclic) bond motifs is 4. The number of halogens is 3. The SMILES string of the molecule is C#Cc1c(F)ccc2cc(O)cc(-c3nc4c5c(nc(OC[C@@]67CCCN6C[C@H](F)C7)nc5c3F)N3C[C@@H](CC)NC[C@H]3[C@H](C)C4)c12. The number of phenolic OH excluding ortho intramolecular Hbond substituents is 1. The Labute approximate surface area is 271 Å². The van der Waals surface area contributed by atoms with Crippen LogP contribution < -0.4 is 15.0 Å². The summed E-state index contributed by atoms with van der Waals surface area (Å²) in [5.74, 6) is 1.59. The first-order valence-corrected chi connectivity index (χ1v) is 16.5. The van der Waals surface area contributed by atoms with Crippen LogP contribution in [0.5, 0.6) is 11.8 Å². The number of ether oxygens (including phenoxy) is 1. The van der Waals surface area contributed by atoms with E-state index in [1.807, 2.05) is 0 Å². The predicted molar refractivity (Wildman–Crippen MR) is 174 cm³/mol. The van der Waals surface area contributed by atoms with Gasteiger partial charge >= 0.3 is 6.01 Å². The molecular formula is C36H37F3N6O2. The molecule has 244 valence electrons. The van der Waals surface area contributed by atoms with Crippen LogP contribution in [-0.2, 0) is 6.42 Å². The lowest BCUT2D eigenvalue weighted by Gasteiger charge is -2.42. The fourth-order valence-electron chi connectivity index (χ4n) is 8.51. The monoisotopic (exact) mass is 642 g/mol. The molecule has 0 unspecified atom stereocenters. The van der Waals surface area contributed by atoms with Crippen LogP contribution in [0.15, 0.2) is 24.3 Å². The van der Waals surface area contributed by atoms with Crippen molar-refractivity contribution in [3.8, 4) is 35.4 Å². The smallest absolute Gasteiger partial charge is 0.319 e. The Balaban J connectivity index is 1.35. The zero-order valence-corrected chi connectivity index (χ0v) is 26.5. The number of aromatic hydroxyl groups is 1. The van der Waals surface area contributed by atoms with E-state index in [9.17, 15) is 9.50 Å². The zero-order chi connectivity index (χ0) is 32.6. The number of hydrogen-bond donors (Lipinski definition) is 2. The molecule has 11 heteroatoms. The van der Waals surface area contributed by atoms with E-state index in [1.54, 1.807) is 0 Å². The molecule has 0 aliphatic carbocycles. The van der Waals surface area contributed by atoms with Gasteiger partial charge in [-0.15, -0.1) is 6.42 Å². The number of anilines is 1. The summed E-state index contributed by atoms with van der Waals surface area (Å²) in [6.07, 6.45) is 8.42. The molecule has 5 atom stereocenters. The maximum Gasteiger partial charge on any atom is 0.319 e. The van der Waals surface area contributed by atoms with Gasteiger partial charge in [-0.25, -0.2) is 18.2 Å². The third kappa shape index (κ3) is 4.79. The highest BCUT2D eigenvalue weighted by molar-refractivity contribution is 6.03. The van der Waals surface area contributed by atoms with Crippen LogP contribution in [0.2, 0.25) is 0 Å². The fourth-order valence-corrected chi connectivity index (χ4v) is 8.51. The first-order valence-electron chi connectivity index (χ1n) is 16.5. The molecule has 2 aromatic heterocycles.